The summed E-state index contributed by atoms with van der Waals surface area (Å²) in [7, 11) is 1.76. The zero-order valence-electron chi connectivity index (χ0n) is 13.5. The summed E-state index contributed by atoms with van der Waals surface area (Å²) < 4.78 is 3.73. The topological polar surface area (TPSA) is 68.9 Å². The van der Waals surface area contributed by atoms with Gasteiger partial charge in [-0.25, -0.2) is 4.98 Å². The Balaban J connectivity index is 1.66. The van der Waals surface area contributed by atoms with Crippen molar-refractivity contribution in [2.45, 2.75) is 18.6 Å². The number of benzene rings is 1. The van der Waals surface area contributed by atoms with Crippen LogP contribution in [-0.2, 0) is 18.4 Å². The summed E-state index contributed by atoms with van der Waals surface area (Å²) in [5.74, 6) is -0.586. The van der Waals surface area contributed by atoms with E-state index >= 15 is 0 Å². The molecule has 124 valence electrons. The quantitative estimate of drug-likeness (QED) is 0.723. The third kappa shape index (κ3) is 3.21. The number of para-hydroxylation sites is 2. The Morgan fingerprint density at radius 2 is 2.00 bits per heavy atom. The lowest BCUT2D eigenvalue weighted by Crippen LogP contribution is -2.33. The molecule has 0 bridgehead atoms. The second-order valence-electron chi connectivity index (χ2n) is 5.30. The van der Waals surface area contributed by atoms with Crippen LogP contribution < -0.4 is 5.32 Å². The molecule has 0 fully saturated rings. The molecule has 0 aliphatic rings. The molecule has 0 spiro atoms. The minimum atomic E-state index is -0.392. The molecule has 6 nitrogen and oxygen atoms in total. The Kier molecular flexibility index (Phi) is 4.71. The van der Waals surface area contributed by atoms with Gasteiger partial charge in [0.05, 0.1) is 16.8 Å². The largest absolute Gasteiger partial charge is 0.347 e. The molecule has 1 N–H and O–H groups in total. The van der Waals surface area contributed by atoms with Gasteiger partial charge in [0, 0.05) is 19.8 Å². The van der Waals surface area contributed by atoms with Crippen LogP contribution in [0.4, 0.5) is 0 Å². The first-order valence-electron chi connectivity index (χ1n) is 7.63. The lowest BCUT2D eigenvalue weighted by Gasteiger charge is -2.06. The zero-order chi connectivity index (χ0) is 17.1. The number of nitrogens with zero attached hydrogens (tertiary/aromatic N) is 3. The number of carbonyl (C=O) groups is 2. The molecular formula is C17H18N4O2S. The highest BCUT2D eigenvalue weighted by Crippen LogP contribution is 2.23. The number of imide groups is 1. The highest BCUT2D eigenvalue weighted by Gasteiger charge is 2.15. The summed E-state index contributed by atoms with van der Waals surface area (Å²) in [6, 6.07) is 11.3. The molecule has 0 saturated carbocycles. The smallest absolute Gasteiger partial charge is 0.274 e. The first kappa shape index (κ1) is 16.3. The summed E-state index contributed by atoms with van der Waals surface area (Å²) in [4.78, 5) is 28.6. The molecule has 2 heterocycles. The first-order chi connectivity index (χ1) is 11.6. The van der Waals surface area contributed by atoms with Gasteiger partial charge in [-0.3, -0.25) is 14.9 Å². The van der Waals surface area contributed by atoms with Gasteiger partial charge in [0.1, 0.15) is 5.69 Å². The SMILES string of the molecule is CCn1c(SCC(=O)NC(=O)c2cccn2C)nc2ccccc21. The number of imidazole rings is 1. The molecule has 0 aliphatic heterocycles. The molecule has 3 rings (SSSR count). The fourth-order valence-electron chi connectivity index (χ4n) is 2.52. The van der Waals surface area contributed by atoms with Crippen molar-refractivity contribution in [2.75, 3.05) is 5.75 Å². The van der Waals surface area contributed by atoms with E-state index in [0.29, 0.717) is 5.69 Å². The second kappa shape index (κ2) is 6.92. The van der Waals surface area contributed by atoms with Crippen LogP contribution in [0.15, 0.2) is 47.8 Å². The third-order valence-electron chi connectivity index (χ3n) is 3.70. The van der Waals surface area contributed by atoms with E-state index in [9.17, 15) is 9.59 Å². The molecule has 24 heavy (non-hydrogen) atoms. The van der Waals surface area contributed by atoms with E-state index < -0.39 is 5.91 Å². The first-order valence-corrected chi connectivity index (χ1v) is 8.62. The number of fused-ring (bicyclic) bond motifs is 1. The van der Waals surface area contributed by atoms with E-state index in [1.807, 2.05) is 31.2 Å². The van der Waals surface area contributed by atoms with Gasteiger partial charge in [-0.05, 0) is 31.2 Å². The van der Waals surface area contributed by atoms with Gasteiger partial charge in [-0.1, -0.05) is 23.9 Å². The number of aryl methyl sites for hydroxylation is 2. The highest BCUT2D eigenvalue weighted by atomic mass is 32.2. The predicted molar refractivity (Wildman–Crippen MR) is 94.0 cm³/mol. The van der Waals surface area contributed by atoms with Crippen LogP contribution in [0.5, 0.6) is 0 Å². The van der Waals surface area contributed by atoms with Crippen molar-refractivity contribution in [2.24, 2.45) is 7.05 Å². The minimum absolute atomic E-state index is 0.138. The number of rotatable bonds is 5. The van der Waals surface area contributed by atoms with Crippen molar-refractivity contribution in [3.63, 3.8) is 0 Å². The average molecular weight is 342 g/mol. The standard InChI is InChI=1S/C17H18N4O2S/c1-3-21-13-8-5-4-7-12(13)18-17(21)24-11-15(22)19-16(23)14-9-6-10-20(14)2/h4-10H,3,11H2,1-2H3,(H,19,22,23). The number of hydrogen-bond donors (Lipinski definition) is 1. The van der Waals surface area contributed by atoms with Gasteiger partial charge in [0.15, 0.2) is 5.16 Å². The highest BCUT2D eigenvalue weighted by molar-refractivity contribution is 7.99. The van der Waals surface area contributed by atoms with Crippen LogP contribution in [0.3, 0.4) is 0 Å². The number of thioether (sulfide) groups is 1. The van der Waals surface area contributed by atoms with Crippen LogP contribution in [0.25, 0.3) is 11.0 Å². The number of aromatic nitrogens is 3. The van der Waals surface area contributed by atoms with Crippen molar-refractivity contribution < 1.29 is 9.59 Å². The number of amides is 2. The summed E-state index contributed by atoms with van der Waals surface area (Å²) in [5, 5.41) is 3.19. The summed E-state index contributed by atoms with van der Waals surface area (Å²) in [6.45, 7) is 2.81. The second-order valence-corrected chi connectivity index (χ2v) is 6.24. The predicted octanol–water partition coefficient (Wildman–Crippen LogP) is 2.44. The fraction of sp³-hybridized carbons (Fsp3) is 0.235. The molecule has 0 radical (unpaired) electrons. The fourth-order valence-corrected chi connectivity index (χ4v) is 3.40. The maximum absolute atomic E-state index is 12.0. The van der Waals surface area contributed by atoms with E-state index in [1.165, 1.54) is 11.8 Å². The Labute approximate surface area is 143 Å². The Morgan fingerprint density at radius 1 is 1.21 bits per heavy atom. The Bertz CT molecular complexity index is 897. The molecule has 2 aromatic heterocycles. The molecule has 0 atom stereocenters. The number of carbonyl (C=O) groups excluding carboxylic acids is 2. The van der Waals surface area contributed by atoms with Crippen LogP contribution in [-0.4, -0.2) is 31.7 Å². The van der Waals surface area contributed by atoms with Crippen molar-refractivity contribution in [1.82, 2.24) is 19.4 Å². The average Bonchev–Trinajstić information content (AvgIpc) is 3.15. The lowest BCUT2D eigenvalue weighted by molar-refractivity contribution is -0.117. The van der Waals surface area contributed by atoms with Crippen LogP contribution in [0.2, 0.25) is 0 Å². The van der Waals surface area contributed by atoms with Crippen LogP contribution >= 0.6 is 11.8 Å². The summed E-state index contributed by atoms with van der Waals surface area (Å²) >= 11 is 1.33. The van der Waals surface area contributed by atoms with E-state index in [-0.39, 0.29) is 11.7 Å². The van der Waals surface area contributed by atoms with Gasteiger partial charge in [0.2, 0.25) is 5.91 Å². The maximum atomic E-state index is 12.0. The third-order valence-corrected chi connectivity index (χ3v) is 4.67. The van der Waals surface area contributed by atoms with Gasteiger partial charge >= 0.3 is 0 Å². The molecule has 0 saturated heterocycles. The molecule has 0 aliphatic carbocycles. The normalized spacial score (nSPS) is 10.9. The van der Waals surface area contributed by atoms with E-state index in [0.717, 1.165) is 22.7 Å². The van der Waals surface area contributed by atoms with Gasteiger partial charge < -0.3 is 9.13 Å². The molecule has 0 unspecified atom stereocenters. The van der Waals surface area contributed by atoms with E-state index in [4.69, 9.17) is 0 Å². The van der Waals surface area contributed by atoms with E-state index in [1.54, 1.807) is 29.9 Å². The van der Waals surface area contributed by atoms with E-state index in [2.05, 4.69) is 14.9 Å². The van der Waals surface area contributed by atoms with Gasteiger partial charge in [-0.15, -0.1) is 0 Å². The molecule has 3 aromatic rings. The van der Waals surface area contributed by atoms with Crippen molar-refractivity contribution >= 4 is 34.6 Å². The zero-order valence-corrected chi connectivity index (χ0v) is 14.3. The van der Waals surface area contributed by atoms with Gasteiger partial charge in [-0.2, -0.15) is 0 Å². The Hall–Kier alpha value is -2.54. The maximum Gasteiger partial charge on any atom is 0.274 e. The molecule has 1 aromatic carbocycles. The van der Waals surface area contributed by atoms with Crippen LogP contribution in [0, 0.1) is 0 Å². The number of hydrogen-bond acceptors (Lipinski definition) is 4. The van der Waals surface area contributed by atoms with Crippen molar-refractivity contribution in [3.05, 3.63) is 48.3 Å². The molecule has 7 heteroatoms. The lowest BCUT2D eigenvalue weighted by atomic mass is 10.3. The summed E-state index contributed by atoms with van der Waals surface area (Å²) in [6.07, 6.45) is 1.76. The monoisotopic (exact) mass is 342 g/mol. The molecule has 2 amide bonds. The minimum Gasteiger partial charge on any atom is -0.347 e. The van der Waals surface area contributed by atoms with Crippen LogP contribution in [0.1, 0.15) is 17.4 Å². The van der Waals surface area contributed by atoms with Gasteiger partial charge in [0.25, 0.3) is 5.91 Å². The molecular weight excluding hydrogens is 324 g/mol. The van der Waals surface area contributed by atoms with Crippen molar-refractivity contribution in [1.29, 1.82) is 0 Å². The summed E-state index contributed by atoms with van der Waals surface area (Å²) in [5.41, 5.74) is 2.40. The Morgan fingerprint density at radius 3 is 2.71 bits per heavy atom. The van der Waals surface area contributed by atoms with Crippen molar-refractivity contribution in [3.8, 4) is 0 Å². The number of nitrogens with one attached hydrogen (secondary N) is 1.